The molecule has 32 heavy (non-hydrogen) atoms. The molecule has 0 unspecified atom stereocenters. The van der Waals surface area contributed by atoms with Crippen molar-refractivity contribution in [2.45, 2.75) is 37.1 Å². The van der Waals surface area contributed by atoms with E-state index >= 15 is 0 Å². The molecule has 2 heterocycles. The van der Waals surface area contributed by atoms with Gasteiger partial charge in [0, 0.05) is 32.4 Å². The Morgan fingerprint density at radius 2 is 1.78 bits per heavy atom. The Morgan fingerprint density at radius 3 is 2.44 bits per heavy atom. The summed E-state index contributed by atoms with van der Waals surface area (Å²) < 4.78 is 70.6. The van der Waals surface area contributed by atoms with Crippen LogP contribution in [0.3, 0.4) is 0 Å². The third-order valence-electron chi connectivity index (χ3n) is 5.91. The predicted octanol–water partition coefficient (Wildman–Crippen LogP) is 1.95. The van der Waals surface area contributed by atoms with Gasteiger partial charge in [-0.05, 0) is 47.9 Å². The highest BCUT2D eigenvalue weighted by molar-refractivity contribution is 7.90. The zero-order valence-electron chi connectivity index (χ0n) is 18.1. The highest BCUT2D eigenvalue weighted by Crippen LogP contribution is 2.28. The summed E-state index contributed by atoms with van der Waals surface area (Å²) >= 11 is 0. The van der Waals surface area contributed by atoms with Crippen LogP contribution in [0.4, 0.5) is 4.39 Å². The van der Waals surface area contributed by atoms with E-state index in [9.17, 15) is 21.2 Å². The Balaban J connectivity index is 1.54. The van der Waals surface area contributed by atoms with Gasteiger partial charge in [0.15, 0.2) is 9.84 Å². The summed E-state index contributed by atoms with van der Waals surface area (Å²) in [6, 6.07) is 10.9. The van der Waals surface area contributed by atoms with E-state index in [-0.39, 0.29) is 41.8 Å². The summed E-state index contributed by atoms with van der Waals surface area (Å²) in [4.78, 5) is 2.37. The molecule has 4 rings (SSSR count). The van der Waals surface area contributed by atoms with Gasteiger partial charge in [-0.25, -0.2) is 21.2 Å². The number of hydrogen-bond donors (Lipinski definition) is 0. The van der Waals surface area contributed by atoms with Crippen LogP contribution in [0.1, 0.15) is 16.7 Å². The van der Waals surface area contributed by atoms with Crippen LogP contribution in [0.5, 0.6) is 0 Å². The van der Waals surface area contributed by atoms with Crippen LogP contribution in [-0.4, -0.2) is 69.9 Å². The van der Waals surface area contributed by atoms with Gasteiger partial charge in [0.05, 0.1) is 29.4 Å². The molecular formula is C22H27FN2O5S2. The van der Waals surface area contributed by atoms with Crippen LogP contribution in [0.25, 0.3) is 0 Å². The molecule has 0 radical (unpaired) electrons. The first-order valence-electron chi connectivity index (χ1n) is 10.4. The van der Waals surface area contributed by atoms with E-state index in [4.69, 9.17) is 4.74 Å². The van der Waals surface area contributed by atoms with E-state index in [0.29, 0.717) is 25.2 Å². The number of nitrogens with zero attached hydrogens (tertiary/aromatic N) is 2. The second kappa shape index (κ2) is 8.83. The number of hydrogen-bond acceptors (Lipinski definition) is 6. The summed E-state index contributed by atoms with van der Waals surface area (Å²) in [6.45, 7) is 3.59. The zero-order valence-corrected chi connectivity index (χ0v) is 19.7. The molecule has 7 nitrogen and oxygen atoms in total. The van der Waals surface area contributed by atoms with Gasteiger partial charge < -0.3 is 4.74 Å². The third-order valence-corrected chi connectivity index (χ3v) is 8.84. The van der Waals surface area contributed by atoms with Crippen molar-refractivity contribution in [3.63, 3.8) is 0 Å². The average Bonchev–Trinajstić information content (AvgIpc) is 3.02. The molecule has 2 aromatic carbocycles. The topological polar surface area (TPSA) is 84.0 Å². The molecule has 0 saturated carbocycles. The van der Waals surface area contributed by atoms with E-state index in [1.807, 2.05) is 0 Å². The Hall–Kier alpha value is -1.85. The molecular weight excluding hydrogens is 455 g/mol. The van der Waals surface area contributed by atoms with E-state index in [2.05, 4.69) is 4.90 Å². The zero-order chi connectivity index (χ0) is 23.1. The molecule has 2 atom stereocenters. The number of fused-ring (bicyclic) bond motifs is 1. The first-order valence-corrected chi connectivity index (χ1v) is 13.9. The predicted molar refractivity (Wildman–Crippen MR) is 119 cm³/mol. The Bertz CT molecular complexity index is 1180. The normalized spacial score (nSPS) is 24.2. The Morgan fingerprint density at radius 1 is 1.06 bits per heavy atom. The smallest absolute Gasteiger partial charge is 0.217 e. The van der Waals surface area contributed by atoms with Crippen molar-refractivity contribution >= 4 is 19.9 Å². The average molecular weight is 483 g/mol. The lowest BCUT2D eigenvalue weighted by Crippen LogP contribution is -2.45. The minimum absolute atomic E-state index is 0.0960. The fourth-order valence-corrected chi connectivity index (χ4v) is 6.56. The van der Waals surface area contributed by atoms with Gasteiger partial charge in [-0.1, -0.05) is 18.2 Å². The van der Waals surface area contributed by atoms with Crippen LogP contribution >= 0.6 is 0 Å². The third kappa shape index (κ3) is 5.20. The number of rotatable bonds is 5. The number of likely N-dealkylation sites (tertiary alicyclic amines) is 1. The number of halogens is 1. The van der Waals surface area contributed by atoms with E-state index in [1.54, 1.807) is 37.3 Å². The van der Waals surface area contributed by atoms with Gasteiger partial charge in [-0.2, -0.15) is 4.31 Å². The van der Waals surface area contributed by atoms with Crippen molar-refractivity contribution in [1.82, 2.24) is 9.21 Å². The lowest BCUT2D eigenvalue weighted by Gasteiger charge is -2.28. The van der Waals surface area contributed by atoms with Crippen molar-refractivity contribution in [3.05, 3.63) is 65.0 Å². The summed E-state index contributed by atoms with van der Waals surface area (Å²) in [7, 11) is -6.82. The fraction of sp³-hybridized carbons (Fsp3) is 0.455. The number of benzene rings is 2. The molecule has 2 aliphatic rings. The first-order chi connectivity index (χ1) is 15.0. The summed E-state index contributed by atoms with van der Waals surface area (Å²) in [5.41, 5.74) is 2.29. The number of aryl methyl sites for hydroxylation is 1. The van der Waals surface area contributed by atoms with Crippen LogP contribution in [-0.2, 0) is 37.7 Å². The van der Waals surface area contributed by atoms with Crippen molar-refractivity contribution in [1.29, 1.82) is 0 Å². The molecule has 2 aromatic rings. The van der Waals surface area contributed by atoms with Crippen LogP contribution in [0, 0.1) is 12.7 Å². The van der Waals surface area contributed by atoms with Crippen molar-refractivity contribution in [2.75, 3.05) is 31.7 Å². The maximum absolute atomic E-state index is 13.9. The molecule has 0 bridgehead atoms. The summed E-state index contributed by atoms with van der Waals surface area (Å²) in [6.07, 6.45) is 0.889. The fourth-order valence-electron chi connectivity index (χ4n) is 4.43. The molecule has 0 aromatic heterocycles. The molecule has 0 amide bonds. The SMILES string of the molecule is Cc1cc(F)cc(CN2[C@@H]3CN(Cc4ccc(S(C)(=O)=O)cc4)C[C@@H]3OCCS2(=O)=O)c1. The van der Waals surface area contributed by atoms with Gasteiger partial charge in [-0.3, -0.25) is 4.90 Å². The number of ether oxygens (including phenoxy) is 1. The quantitative estimate of drug-likeness (QED) is 0.648. The number of sulfonamides is 1. The highest BCUT2D eigenvalue weighted by Gasteiger charge is 2.44. The minimum atomic E-state index is -3.56. The van der Waals surface area contributed by atoms with Gasteiger partial charge in [0.1, 0.15) is 5.82 Å². The van der Waals surface area contributed by atoms with Gasteiger partial charge in [-0.15, -0.1) is 0 Å². The standard InChI is InChI=1S/C22H27FN2O5S2/c1-16-9-18(11-19(23)10-16)13-25-21-14-24(15-22(21)30-7-8-32(25,28)29)12-17-3-5-20(6-4-17)31(2,26)27/h3-6,9-11,21-22H,7-8,12-15H2,1-2H3/t21-,22+/m1/s1. The molecule has 2 aliphatic heterocycles. The minimum Gasteiger partial charge on any atom is -0.374 e. The maximum atomic E-state index is 13.9. The van der Waals surface area contributed by atoms with Crippen LogP contribution in [0.2, 0.25) is 0 Å². The lowest BCUT2D eigenvalue weighted by molar-refractivity contribution is 0.0458. The second-order valence-corrected chi connectivity index (χ2v) is 12.6. The monoisotopic (exact) mass is 482 g/mol. The molecule has 2 fully saturated rings. The largest absolute Gasteiger partial charge is 0.374 e. The lowest BCUT2D eigenvalue weighted by atomic mass is 10.1. The highest BCUT2D eigenvalue weighted by atomic mass is 32.2. The summed E-state index contributed by atoms with van der Waals surface area (Å²) in [5, 5.41) is 0. The molecule has 174 valence electrons. The second-order valence-electron chi connectivity index (χ2n) is 8.58. The van der Waals surface area contributed by atoms with E-state index in [1.165, 1.54) is 22.7 Å². The van der Waals surface area contributed by atoms with Crippen LogP contribution in [0.15, 0.2) is 47.4 Å². The molecule has 2 saturated heterocycles. The first kappa shape index (κ1) is 23.3. The molecule has 0 aliphatic carbocycles. The van der Waals surface area contributed by atoms with E-state index < -0.39 is 19.9 Å². The Kier molecular flexibility index (Phi) is 6.43. The van der Waals surface area contributed by atoms with Crippen molar-refractivity contribution < 1.29 is 26.0 Å². The Labute approximate surface area is 188 Å². The number of sulfone groups is 1. The van der Waals surface area contributed by atoms with Gasteiger partial charge in [0.2, 0.25) is 10.0 Å². The molecule has 0 spiro atoms. The molecule has 0 N–H and O–H groups in total. The van der Waals surface area contributed by atoms with Crippen molar-refractivity contribution in [2.24, 2.45) is 0 Å². The molecule has 10 heteroatoms. The van der Waals surface area contributed by atoms with E-state index in [0.717, 1.165) is 11.1 Å². The van der Waals surface area contributed by atoms with Crippen molar-refractivity contribution in [3.8, 4) is 0 Å². The van der Waals surface area contributed by atoms with Gasteiger partial charge >= 0.3 is 0 Å². The maximum Gasteiger partial charge on any atom is 0.217 e. The summed E-state index contributed by atoms with van der Waals surface area (Å²) in [5.74, 6) is -0.480. The van der Waals surface area contributed by atoms with Crippen LogP contribution < -0.4 is 0 Å². The van der Waals surface area contributed by atoms with Gasteiger partial charge in [0.25, 0.3) is 0 Å².